The Labute approximate surface area is 92.1 Å². The van der Waals surface area contributed by atoms with Crippen LogP contribution in [0.4, 0.5) is 0 Å². The number of rotatable bonds is 1. The van der Waals surface area contributed by atoms with Gasteiger partial charge in [0, 0.05) is 10.8 Å². The minimum absolute atomic E-state index is 0.437. The Kier molecular flexibility index (Phi) is 1.99. The van der Waals surface area contributed by atoms with Gasteiger partial charge in [-0.2, -0.15) is 0 Å². The van der Waals surface area contributed by atoms with Crippen LogP contribution in [0.3, 0.4) is 0 Å². The lowest BCUT2D eigenvalue weighted by molar-refractivity contribution is 0.425. The lowest BCUT2D eigenvalue weighted by Gasteiger charge is -1.97. The van der Waals surface area contributed by atoms with E-state index >= 15 is 0 Å². The molecular formula is C12H9BO3. The lowest BCUT2D eigenvalue weighted by atomic mass is 9.80. The van der Waals surface area contributed by atoms with Crippen LogP contribution in [0.2, 0.25) is 0 Å². The van der Waals surface area contributed by atoms with E-state index in [1.807, 2.05) is 30.3 Å². The molecule has 2 N–H and O–H groups in total. The fourth-order valence-corrected chi connectivity index (χ4v) is 1.90. The summed E-state index contributed by atoms with van der Waals surface area (Å²) in [6.07, 6.45) is 0. The maximum absolute atomic E-state index is 9.07. The monoisotopic (exact) mass is 212 g/mol. The molecule has 0 fully saturated rings. The standard InChI is InChI=1S/C12H9BO3/c14-13(15)8-5-6-10-9-3-1-2-4-11(9)16-12(10)7-8/h1-7,14-15H. The Morgan fingerprint density at radius 2 is 1.62 bits per heavy atom. The summed E-state index contributed by atoms with van der Waals surface area (Å²) in [5.74, 6) is 0. The van der Waals surface area contributed by atoms with E-state index in [2.05, 4.69) is 0 Å². The van der Waals surface area contributed by atoms with Crippen LogP contribution in [-0.4, -0.2) is 17.2 Å². The van der Waals surface area contributed by atoms with Gasteiger partial charge in [-0.1, -0.05) is 30.3 Å². The van der Waals surface area contributed by atoms with Crippen molar-refractivity contribution in [3.63, 3.8) is 0 Å². The molecule has 4 heteroatoms. The van der Waals surface area contributed by atoms with Crippen LogP contribution in [0.5, 0.6) is 0 Å². The smallest absolute Gasteiger partial charge is 0.456 e. The summed E-state index contributed by atoms with van der Waals surface area (Å²) in [5.41, 5.74) is 1.92. The van der Waals surface area contributed by atoms with Crippen molar-refractivity contribution in [3.8, 4) is 0 Å². The molecule has 3 rings (SSSR count). The van der Waals surface area contributed by atoms with Crippen molar-refractivity contribution < 1.29 is 14.5 Å². The van der Waals surface area contributed by atoms with E-state index < -0.39 is 7.12 Å². The quantitative estimate of drug-likeness (QED) is 0.597. The SMILES string of the molecule is OB(O)c1ccc2c(c1)oc1ccccc12. The number of fused-ring (bicyclic) bond motifs is 3. The summed E-state index contributed by atoms with van der Waals surface area (Å²) in [5, 5.41) is 20.2. The van der Waals surface area contributed by atoms with Gasteiger partial charge >= 0.3 is 7.12 Å². The van der Waals surface area contributed by atoms with E-state index in [-0.39, 0.29) is 0 Å². The average Bonchev–Trinajstić information content (AvgIpc) is 2.66. The van der Waals surface area contributed by atoms with Gasteiger partial charge in [-0.05, 0) is 17.6 Å². The Morgan fingerprint density at radius 3 is 2.44 bits per heavy atom. The van der Waals surface area contributed by atoms with Crippen molar-refractivity contribution in [2.45, 2.75) is 0 Å². The van der Waals surface area contributed by atoms with E-state index in [0.717, 1.165) is 16.4 Å². The summed E-state index contributed by atoms with van der Waals surface area (Å²) in [7, 11) is -1.46. The van der Waals surface area contributed by atoms with Gasteiger partial charge in [0.15, 0.2) is 0 Å². The summed E-state index contributed by atoms with van der Waals surface area (Å²) >= 11 is 0. The summed E-state index contributed by atoms with van der Waals surface area (Å²) in [6, 6.07) is 12.9. The Bertz CT molecular complexity index is 657. The molecule has 0 aliphatic carbocycles. The van der Waals surface area contributed by atoms with E-state index in [1.54, 1.807) is 12.1 Å². The maximum atomic E-state index is 9.07. The van der Waals surface area contributed by atoms with Crippen LogP contribution in [0.15, 0.2) is 46.9 Å². The molecule has 1 heterocycles. The Balaban J connectivity index is 2.37. The molecule has 3 nitrogen and oxygen atoms in total. The van der Waals surface area contributed by atoms with Crippen LogP contribution in [0.25, 0.3) is 21.9 Å². The zero-order chi connectivity index (χ0) is 11.1. The zero-order valence-corrected chi connectivity index (χ0v) is 8.42. The molecule has 0 saturated carbocycles. The van der Waals surface area contributed by atoms with Crippen LogP contribution in [-0.2, 0) is 0 Å². The molecule has 0 aliphatic rings. The molecule has 0 bridgehead atoms. The minimum Gasteiger partial charge on any atom is -0.456 e. The first-order valence-corrected chi connectivity index (χ1v) is 5.03. The predicted molar refractivity (Wildman–Crippen MR) is 63.5 cm³/mol. The van der Waals surface area contributed by atoms with Crippen molar-refractivity contribution >= 4 is 34.5 Å². The van der Waals surface area contributed by atoms with E-state index in [0.29, 0.717) is 11.0 Å². The molecule has 2 aromatic carbocycles. The van der Waals surface area contributed by atoms with Crippen LogP contribution >= 0.6 is 0 Å². The number of furan rings is 1. The third-order valence-corrected chi connectivity index (χ3v) is 2.70. The zero-order valence-electron chi connectivity index (χ0n) is 8.42. The largest absolute Gasteiger partial charge is 0.488 e. The molecule has 0 saturated heterocycles. The van der Waals surface area contributed by atoms with Gasteiger partial charge in [0.1, 0.15) is 11.2 Å². The molecule has 1 aromatic heterocycles. The second kappa shape index (κ2) is 3.37. The molecular weight excluding hydrogens is 203 g/mol. The van der Waals surface area contributed by atoms with Crippen LogP contribution < -0.4 is 5.46 Å². The fourth-order valence-electron chi connectivity index (χ4n) is 1.90. The Morgan fingerprint density at radius 1 is 0.875 bits per heavy atom. The highest BCUT2D eigenvalue weighted by atomic mass is 16.4. The lowest BCUT2D eigenvalue weighted by Crippen LogP contribution is -2.29. The maximum Gasteiger partial charge on any atom is 0.488 e. The summed E-state index contributed by atoms with van der Waals surface area (Å²) in [4.78, 5) is 0. The molecule has 0 unspecified atom stereocenters. The van der Waals surface area contributed by atoms with Gasteiger partial charge in [-0.15, -0.1) is 0 Å². The molecule has 78 valence electrons. The number of benzene rings is 2. The van der Waals surface area contributed by atoms with Crippen LogP contribution in [0.1, 0.15) is 0 Å². The van der Waals surface area contributed by atoms with E-state index in [4.69, 9.17) is 14.5 Å². The first-order valence-electron chi connectivity index (χ1n) is 5.03. The second-order valence-corrected chi connectivity index (χ2v) is 3.73. The molecule has 0 spiro atoms. The van der Waals surface area contributed by atoms with Gasteiger partial charge in [0.2, 0.25) is 0 Å². The van der Waals surface area contributed by atoms with Crippen molar-refractivity contribution in [1.82, 2.24) is 0 Å². The third-order valence-electron chi connectivity index (χ3n) is 2.70. The molecule has 16 heavy (non-hydrogen) atoms. The highest BCUT2D eigenvalue weighted by molar-refractivity contribution is 6.58. The first kappa shape index (κ1) is 9.45. The predicted octanol–water partition coefficient (Wildman–Crippen LogP) is 1.27. The van der Waals surface area contributed by atoms with Crippen molar-refractivity contribution in [2.75, 3.05) is 0 Å². The number of hydrogen-bond donors (Lipinski definition) is 2. The summed E-state index contributed by atoms with van der Waals surface area (Å²) in [6.45, 7) is 0. The minimum atomic E-state index is -1.46. The van der Waals surface area contributed by atoms with E-state index in [1.165, 1.54) is 0 Å². The van der Waals surface area contributed by atoms with E-state index in [9.17, 15) is 0 Å². The highest BCUT2D eigenvalue weighted by Gasteiger charge is 2.13. The molecule has 0 aliphatic heterocycles. The second-order valence-electron chi connectivity index (χ2n) is 3.73. The highest BCUT2D eigenvalue weighted by Crippen LogP contribution is 2.27. The van der Waals surface area contributed by atoms with Gasteiger partial charge < -0.3 is 14.5 Å². The fraction of sp³-hybridized carbons (Fsp3) is 0. The van der Waals surface area contributed by atoms with Gasteiger partial charge in [-0.3, -0.25) is 0 Å². The van der Waals surface area contributed by atoms with Gasteiger partial charge in [-0.25, -0.2) is 0 Å². The molecule has 3 aromatic rings. The molecule has 0 amide bonds. The number of para-hydroxylation sites is 1. The van der Waals surface area contributed by atoms with Crippen molar-refractivity contribution in [2.24, 2.45) is 0 Å². The average molecular weight is 212 g/mol. The first-order chi connectivity index (χ1) is 7.75. The van der Waals surface area contributed by atoms with Crippen molar-refractivity contribution in [3.05, 3.63) is 42.5 Å². The topological polar surface area (TPSA) is 53.6 Å². The van der Waals surface area contributed by atoms with Crippen LogP contribution in [0, 0.1) is 0 Å². The van der Waals surface area contributed by atoms with Gasteiger partial charge in [0.05, 0.1) is 0 Å². The summed E-state index contributed by atoms with van der Waals surface area (Å²) < 4.78 is 5.62. The van der Waals surface area contributed by atoms with Gasteiger partial charge in [0.25, 0.3) is 0 Å². The molecule has 0 radical (unpaired) electrons. The number of hydrogen-bond acceptors (Lipinski definition) is 3. The normalized spacial score (nSPS) is 11.1. The Hall–Kier alpha value is -1.78. The third kappa shape index (κ3) is 1.32. The van der Waals surface area contributed by atoms with Crippen molar-refractivity contribution in [1.29, 1.82) is 0 Å². The molecule has 0 atom stereocenters.